The molecular weight excluding hydrogens is 232 g/mol. The predicted octanol–water partition coefficient (Wildman–Crippen LogP) is -0.506. The lowest BCUT2D eigenvalue weighted by Crippen LogP contribution is -2.35. The minimum Gasteiger partial charge on any atom is -0.390 e. The van der Waals surface area contributed by atoms with Crippen molar-refractivity contribution in [2.75, 3.05) is 6.54 Å². The average molecular weight is 252 g/mol. The highest BCUT2D eigenvalue weighted by molar-refractivity contribution is 4.91. The molecule has 3 rings (SSSR count). The fourth-order valence-electron chi connectivity index (χ4n) is 2.42. The van der Waals surface area contributed by atoms with Gasteiger partial charge in [-0.2, -0.15) is 5.10 Å². The topological polar surface area (TPSA) is 72.1 Å². The van der Waals surface area contributed by atoms with Gasteiger partial charge in [-0.25, -0.2) is 9.48 Å². The number of aromatic nitrogens is 3. The minimum absolute atomic E-state index is 0.0739. The van der Waals surface area contributed by atoms with Crippen LogP contribution in [0.25, 0.3) is 0 Å². The highest BCUT2D eigenvalue weighted by Gasteiger charge is 2.22. The molecule has 1 unspecified atom stereocenters. The Balaban J connectivity index is 1.64. The van der Waals surface area contributed by atoms with E-state index in [1.54, 1.807) is 4.57 Å². The third kappa shape index (κ3) is 2.49. The van der Waals surface area contributed by atoms with Gasteiger partial charge in [0.15, 0.2) is 0 Å². The molecule has 0 saturated heterocycles. The van der Waals surface area contributed by atoms with Crippen molar-refractivity contribution >= 4 is 0 Å². The monoisotopic (exact) mass is 252 g/mol. The van der Waals surface area contributed by atoms with E-state index in [9.17, 15) is 9.90 Å². The summed E-state index contributed by atoms with van der Waals surface area (Å²) >= 11 is 0. The van der Waals surface area contributed by atoms with Crippen molar-refractivity contribution in [3.05, 3.63) is 16.3 Å². The first-order chi connectivity index (χ1) is 8.74. The second kappa shape index (κ2) is 4.85. The molecule has 1 aliphatic heterocycles. The van der Waals surface area contributed by atoms with Gasteiger partial charge in [-0.3, -0.25) is 4.57 Å². The van der Waals surface area contributed by atoms with Crippen LogP contribution >= 0.6 is 0 Å². The summed E-state index contributed by atoms with van der Waals surface area (Å²) in [5, 5.41) is 17.5. The molecule has 0 amide bonds. The Morgan fingerprint density at radius 2 is 2.28 bits per heavy atom. The second-order valence-corrected chi connectivity index (χ2v) is 5.33. The van der Waals surface area contributed by atoms with Gasteiger partial charge in [0.05, 0.1) is 12.6 Å². The molecule has 100 valence electrons. The van der Waals surface area contributed by atoms with Gasteiger partial charge in [0.1, 0.15) is 5.82 Å². The van der Waals surface area contributed by atoms with Crippen molar-refractivity contribution in [2.24, 2.45) is 0 Å². The maximum atomic E-state index is 12.0. The second-order valence-electron chi connectivity index (χ2n) is 5.33. The number of hydrogen-bond acceptors (Lipinski definition) is 4. The number of aryl methyl sites for hydroxylation is 1. The average Bonchev–Trinajstić information content (AvgIpc) is 3.15. The van der Waals surface area contributed by atoms with Crippen LogP contribution in [0.4, 0.5) is 0 Å². The van der Waals surface area contributed by atoms with Gasteiger partial charge in [-0.1, -0.05) is 0 Å². The summed E-state index contributed by atoms with van der Waals surface area (Å²) in [4.78, 5) is 12.0. The van der Waals surface area contributed by atoms with Crippen molar-refractivity contribution in [3.63, 3.8) is 0 Å². The van der Waals surface area contributed by atoms with E-state index in [1.165, 1.54) is 17.5 Å². The van der Waals surface area contributed by atoms with Crippen LogP contribution in [0.1, 0.15) is 31.5 Å². The third-order valence-corrected chi connectivity index (χ3v) is 3.63. The minimum atomic E-state index is -0.541. The van der Waals surface area contributed by atoms with Gasteiger partial charge >= 0.3 is 5.69 Å². The standard InChI is InChI=1S/C12H20N4O2/c17-10(7-13-9-4-5-9)8-16-12(18)15-6-2-1-3-11(15)14-16/h9-10,13,17H,1-8H2. The van der Waals surface area contributed by atoms with Crippen LogP contribution in [-0.4, -0.2) is 38.1 Å². The van der Waals surface area contributed by atoms with Crippen LogP contribution in [0, 0.1) is 0 Å². The van der Waals surface area contributed by atoms with Crippen LogP contribution in [0.15, 0.2) is 4.79 Å². The molecule has 0 spiro atoms. The molecule has 2 heterocycles. The number of nitrogens with zero attached hydrogens (tertiary/aromatic N) is 3. The highest BCUT2D eigenvalue weighted by atomic mass is 16.3. The van der Waals surface area contributed by atoms with E-state index in [1.807, 2.05) is 0 Å². The Bertz CT molecular complexity index is 475. The van der Waals surface area contributed by atoms with Crippen molar-refractivity contribution in [3.8, 4) is 0 Å². The lowest BCUT2D eigenvalue weighted by atomic mass is 10.2. The van der Waals surface area contributed by atoms with Gasteiger partial charge in [-0.15, -0.1) is 0 Å². The van der Waals surface area contributed by atoms with Crippen molar-refractivity contribution in [2.45, 2.75) is 57.3 Å². The fraction of sp³-hybridized carbons (Fsp3) is 0.833. The summed E-state index contributed by atoms with van der Waals surface area (Å²) in [5.41, 5.74) is -0.0739. The predicted molar refractivity (Wildman–Crippen MR) is 66.5 cm³/mol. The van der Waals surface area contributed by atoms with Gasteiger partial charge in [0.25, 0.3) is 0 Å². The van der Waals surface area contributed by atoms with Crippen LogP contribution in [0.3, 0.4) is 0 Å². The first-order valence-corrected chi connectivity index (χ1v) is 6.82. The van der Waals surface area contributed by atoms with E-state index in [-0.39, 0.29) is 5.69 Å². The van der Waals surface area contributed by atoms with Crippen LogP contribution in [-0.2, 0) is 19.5 Å². The Morgan fingerprint density at radius 3 is 3.00 bits per heavy atom. The molecule has 0 bridgehead atoms. The molecule has 1 saturated carbocycles. The van der Waals surface area contributed by atoms with Crippen molar-refractivity contribution < 1.29 is 5.11 Å². The summed E-state index contributed by atoms with van der Waals surface area (Å²) in [6, 6.07) is 0.576. The molecule has 0 aromatic carbocycles. The smallest absolute Gasteiger partial charge is 0.346 e. The first-order valence-electron chi connectivity index (χ1n) is 6.82. The zero-order valence-electron chi connectivity index (χ0n) is 10.5. The molecule has 1 fully saturated rings. The van der Waals surface area contributed by atoms with Gasteiger partial charge < -0.3 is 10.4 Å². The molecule has 18 heavy (non-hydrogen) atoms. The lowest BCUT2D eigenvalue weighted by Gasteiger charge is -2.10. The number of hydrogen-bond donors (Lipinski definition) is 2. The lowest BCUT2D eigenvalue weighted by molar-refractivity contribution is 0.144. The van der Waals surface area contributed by atoms with E-state index >= 15 is 0 Å². The first kappa shape index (κ1) is 11.9. The molecule has 6 heteroatoms. The number of nitrogens with one attached hydrogen (secondary N) is 1. The summed E-state index contributed by atoms with van der Waals surface area (Å²) in [6.07, 6.45) is 4.88. The van der Waals surface area contributed by atoms with Crippen molar-refractivity contribution in [1.82, 2.24) is 19.7 Å². The summed E-state index contributed by atoms with van der Waals surface area (Å²) in [7, 11) is 0. The maximum absolute atomic E-state index is 12.0. The zero-order chi connectivity index (χ0) is 12.5. The largest absolute Gasteiger partial charge is 0.390 e. The quantitative estimate of drug-likeness (QED) is 0.740. The molecule has 1 atom stereocenters. The molecule has 1 aromatic heterocycles. The van der Waals surface area contributed by atoms with Crippen LogP contribution in [0.2, 0.25) is 0 Å². The Hall–Kier alpha value is -1.14. The van der Waals surface area contributed by atoms with Gasteiger partial charge in [0, 0.05) is 25.6 Å². The Labute approximate surface area is 106 Å². The normalized spacial score (nSPS) is 20.7. The SMILES string of the molecule is O=c1n(CC(O)CNC2CC2)nc2n1CCCC2. The molecular formula is C12H20N4O2. The molecule has 1 aromatic rings. The van der Waals surface area contributed by atoms with Gasteiger partial charge in [-0.05, 0) is 25.7 Å². The van der Waals surface area contributed by atoms with E-state index in [0.717, 1.165) is 31.6 Å². The molecule has 0 radical (unpaired) electrons. The fourth-order valence-corrected chi connectivity index (χ4v) is 2.42. The molecule has 2 N–H and O–H groups in total. The van der Waals surface area contributed by atoms with E-state index < -0.39 is 6.10 Å². The molecule has 2 aliphatic rings. The zero-order valence-corrected chi connectivity index (χ0v) is 10.5. The van der Waals surface area contributed by atoms with E-state index in [4.69, 9.17) is 0 Å². The summed E-state index contributed by atoms with van der Waals surface area (Å²) in [6.45, 7) is 1.60. The van der Waals surface area contributed by atoms with Crippen LogP contribution in [0.5, 0.6) is 0 Å². The van der Waals surface area contributed by atoms with Crippen molar-refractivity contribution in [1.29, 1.82) is 0 Å². The molecule has 6 nitrogen and oxygen atoms in total. The summed E-state index contributed by atoms with van der Waals surface area (Å²) < 4.78 is 3.16. The maximum Gasteiger partial charge on any atom is 0.346 e. The number of rotatable bonds is 5. The number of aliphatic hydroxyl groups is 1. The van der Waals surface area contributed by atoms with E-state index in [0.29, 0.717) is 19.1 Å². The third-order valence-electron chi connectivity index (χ3n) is 3.63. The molecule has 1 aliphatic carbocycles. The number of fused-ring (bicyclic) bond motifs is 1. The summed E-state index contributed by atoms with van der Waals surface area (Å²) in [5.74, 6) is 0.869. The Kier molecular flexibility index (Phi) is 3.22. The Morgan fingerprint density at radius 1 is 1.44 bits per heavy atom. The van der Waals surface area contributed by atoms with E-state index in [2.05, 4.69) is 10.4 Å². The van der Waals surface area contributed by atoms with Gasteiger partial charge in [0.2, 0.25) is 0 Å². The number of aliphatic hydroxyl groups excluding tert-OH is 1. The van der Waals surface area contributed by atoms with Crippen LogP contribution < -0.4 is 11.0 Å². The highest BCUT2D eigenvalue weighted by Crippen LogP contribution is 2.18.